The number of hydrogen-bond donors (Lipinski definition) is 1. The Labute approximate surface area is 211 Å². The molecule has 8 heteroatoms. The van der Waals surface area contributed by atoms with Gasteiger partial charge in [-0.2, -0.15) is 0 Å². The highest BCUT2D eigenvalue weighted by molar-refractivity contribution is 5.79. The van der Waals surface area contributed by atoms with Crippen LogP contribution in [0.25, 0.3) is 22.5 Å². The van der Waals surface area contributed by atoms with E-state index in [2.05, 4.69) is 68.3 Å². The zero-order valence-electron chi connectivity index (χ0n) is 21.3. The quantitative estimate of drug-likeness (QED) is 0.353. The van der Waals surface area contributed by atoms with Crippen molar-refractivity contribution in [3.8, 4) is 22.5 Å². The van der Waals surface area contributed by atoms with Crippen LogP contribution in [0.3, 0.4) is 0 Å². The fourth-order valence-corrected chi connectivity index (χ4v) is 5.50. The van der Waals surface area contributed by atoms with Crippen molar-refractivity contribution in [1.29, 1.82) is 0 Å². The summed E-state index contributed by atoms with van der Waals surface area (Å²) in [5.41, 5.74) is 6.51. The largest absolute Gasteiger partial charge is 0.328 e. The van der Waals surface area contributed by atoms with Gasteiger partial charge in [-0.3, -0.25) is 14.1 Å². The molecule has 1 aromatic carbocycles. The van der Waals surface area contributed by atoms with Gasteiger partial charge in [0, 0.05) is 35.9 Å². The molecule has 1 aliphatic rings. The summed E-state index contributed by atoms with van der Waals surface area (Å²) in [4.78, 5) is 17.9. The maximum absolute atomic E-state index is 13.6. The molecule has 0 spiro atoms. The summed E-state index contributed by atoms with van der Waals surface area (Å²) < 4.78 is 4.07. The van der Waals surface area contributed by atoms with E-state index in [1.54, 1.807) is 12.4 Å². The number of tetrazole rings is 1. The van der Waals surface area contributed by atoms with E-state index in [1.807, 2.05) is 10.6 Å². The minimum absolute atomic E-state index is 0.141. The molecule has 1 fully saturated rings. The van der Waals surface area contributed by atoms with E-state index >= 15 is 0 Å². The molecule has 3 aromatic heterocycles. The van der Waals surface area contributed by atoms with Crippen molar-refractivity contribution in [2.45, 2.75) is 78.3 Å². The molecule has 8 nitrogen and oxygen atoms in total. The maximum atomic E-state index is 13.6. The topological polar surface area (TPSA) is 94.3 Å². The van der Waals surface area contributed by atoms with Crippen molar-refractivity contribution in [2.24, 2.45) is 5.92 Å². The third kappa shape index (κ3) is 5.03. The molecule has 188 valence electrons. The predicted octanol–water partition coefficient (Wildman–Crippen LogP) is 5.17. The van der Waals surface area contributed by atoms with Crippen LogP contribution in [0.2, 0.25) is 0 Å². The number of pyridine rings is 1. The van der Waals surface area contributed by atoms with Crippen LogP contribution in [0.1, 0.15) is 68.8 Å². The Hall–Kier alpha value is -3.55. The van der Waals surface area contributed by atoms with Crippen LogP contribution in [-0.4, -0.2) is 34.7 Å². The van der Waals surface area contributed by atoms with Crippen molar-refractivity contribution in [1.82, 2.24) is 34.7 Å². The van der Waals surface area contributed by atoms with Crippen molar-refractivity contribution in [3.05, 3.63) is 70.2 Å². The van der Waals surface area contributed by atoms with Gasteiger partial charge in [0.1, 0.15) is 0 Å². The second-order valence-corrected chi connectivity index (χ2v) is 9.99. The molecule has 0 atom stereocenters. The van der Waals surface area contributed by atoms with Gasteiger partial charge in [0.25, 0.3) is 0 Å². The van der Waals surface area contributed by atoms with Gasteiger partial charge in [0.05, 0.1) is 6.54 Å². The lowest BCUT2D eigenvalue weighted by Gasteiger charge is -2.22. The highest BCUT2D eigenvalue weighted by atomic mass is 16.1. The molecule has 36 heavy (non-hydrogen) atoms. The number of unbranched alkanes of at least 4 members (excludes halogenated alkanes) is 1. The molecule has 0 bridgehead atoms. The van der Waals surface area contributed by atoms with Gasteiger partial charge in [-0.1, -0.05) is 56.9 Å². The number of aromatic nitrogens is 7. The van der Waals surface area contributed by atoms with Crippen molar-refractivity contribution in [2.75, 3.05) is 0 Å². The first-order valence-electron chi connectivity index (χ1n) is 13.2. The fraction of sp³-hybridized carbons (Fsp3) is 0.464. The summed E-state index contributed by atoms with van der Waals surface area (Å²) in [6, 6.07) is 10.4. The van der Waals surface area contributed by atoms with Crippen molar-refractivity contribution >= 4 is 0 Å². The minimum atomic E-state index is 0.141. The summed E-state index contributed by atoms with van der Waals surface area (Å²) >= 11 is 0. The highest BCUT2D eigenvalue weighted by Crippen LogP contribution is 2.29. The third-order valence-electron chi connectivity index (χ3n) is 7.57. The Balaban J connectivity index is 1.42. The molecule has 0 aliphatic heterocycles. The van der Waals surface area contributed by atoms with E-state index in [9.17, 15) is 4.79 Å². The standard InChI is InChI=1S/C28H35N7O/c1-3-4-10-26-20(2)34(18-21-8-6-5-7-9-21)28(36)35(26)19-22-11-13-23(14-12-22)24-15-16-29-17-25(24)27-30-32-33-31-27/h11-17,21H,3-10,18-19H2,1-2H3,(H,30,31,32,33). The average Bonchev–Trinajstić information content (AvgIpc) is 3.53. The molecule has 1 saturated carbocycles. The molecule has 1 aliphatic carbocycles. The van der Waals surface area contributed by atoms with Gasteiger partial charge >= 0.3 is 5.69 Å². The monoisotopic (exact) mass is 485 g/mol. The Morgan fingerprint density at radius 3 is 2.56 bits per heavy atom. The normalized spacial score (nSPS) is 14.4. The van der Waals surface area contributed by atoms with Gasteiger partial charge in [0.15, 0.2) is 5.82 Å². The lowest BCUT2D eigenvalue weighted by Crippen LogP contribution is -2.28. The molecular weight excluding hydrogens is 450 g/mol. The number of aromatic amines is 1. The Bertz CT molecular complexity index is 1330. The predicted molar refractivity (Wildman–Crippen MR) is 141 cm³/mol. The zero-order valence-corrected chi connectivity index (χ0v) is 21.3. The number of rotatable bonds is 9. The van der Waals surface area contributed by atoms with Crippen LogP contribution in [0.4, 0.5) is 0 Å². The molecule has 3 heterocycles. The van der Waals surface area contributed by atoms with E-state index in [4.69, 9.17) is 0 Å². The fourth-order valence-electron chi connectivity index (χ4n) is 5.50. The third-order valence-corrected chi connectivity index (χ3v) is 7.57. The zero-order chi connectivity index (χ0) is 24.9. The summed E-state index contributed by atoms with van der Waals surface area (Å²) in [7, 11) is 0. The molecule has 0 saturated heterocycles. The van der Waals surface area contributed by atoms with Gasteiger partial charge in [-0.25, -0.2) is 9.89 Å². The second-order valence-electron chi connectivity index (χ2n) is 9.99. The van der Waals surface area contributed by atoms with Gasteiger partial charge in [-0.05, 0) is 71.7 Å². The first kappa shape index (κ1) is 24.2. The lowest BCUT2D eigenvalue weighted by molar-refractivity contribution is 0.313. The maximum Gasteiger partial charge on any atom is 0.328 e. The smallest absolute Gasteiger partial charge is 0.296 e. The number of benzene rings is 1. The number of nitrogens with zero attached hydrogens (tertiary/aromatic N) is 6. The minimum Gasteiger partial charge on any atom is -0.296 e. The number of nitrogens with one attached hydrogen (secondary N) is 1. The van der Waals surface area contributed by atoms with Gasteiger partial charge in [0.2, 0.25) is 0 Å². The molecule has 0 radical (unpaired) electrons. The highest BCUT2D eigenvalue weighted by Gasteiger charge is 2.21. The van der Waals surface area contributed by atoms with E-state index in [-0.39, 0.29) is 5.69 Å². The number of hydrogen-bond acceptors (Lipinski definition) is 5. The SMILES string of the molecule is CCCCc1c(C)n(CC2CCCCC2)c(=O)n1Cc1ccc(-c2ccncc2-c2nnn[nH]2)cc1. The van der Waals surface area contributed by atoms with E-state index in [0.717, 1.165) is 53.8 Å². The molecule has 4 aromatic rings. The number of H-pyrrole nitrogens is 1. The van der Waals surface area contributed by atoms with Crippen molar-refractivity contribution in [3.63, 3.8) is 0 Å². The molecule has 0 unspecified atom stereocenters. The summed E-state index contributed by atoms with van der Waals surface area (Å²) in [5.74, 6) is 1.21. The first-order valence-corrected chi connectivity index (χ1v) is 13.2. The summed E-state index contributed by atoms with van der Waals surface area (Å²) in [6.45, 7) is 5.79. The van der Waals surface area contributed by atoms with Gasteiger partial charge in [-0.15, -0.1) is 5.10 Å². The van der Waals surface area contributed by atoms with Crippen LogP contribution >= 0.6 is 0 Å². The summed E-state index contributed by atoms with van der Waals surface area (Å²) in [6.07, 6.45) is 13.1. The lowest BCUT2D eigenvalue weighted by atomic mass is 9.89. The first-order chi connectivity index (χ1) is 17.7. The Kier molecular flexibility index (Phi) is 7.39. The van der Waals surface area contributed by atoms with Crippen LogP contribution in [0, 0.1) is 12.8 Å². The van der Waals surface area contributed by atoms with Crippen LogP contribution < -0.4 is 5.69 Å². The van der Waals surface area contributed by atoms with Gasteiger partial charge < -0.3 is 0 Å². The average molecular weight is 486 g/mol. The number of imidazole rings is 1. The second kappa shape index (κ2) is 11.0. The molecule has 5 rings (SSSR count). The molecule has 0 amide bonds. The van der Waals surface area contributed by atoms with E-state index in [1.165, 1.54) is 37.8 Å². The summed E-state index contributed by atoms with van der Waals surface area (Å²) in [5, 5.41) is 14.3. The molecule has 1 N–H and O–H groups in total. The Morgan fingerprint density at radius 2 is 1.83 bits per heavy atom. The Morgan fingerprint density at radius 1 is 1.03 bits per heavy atom. The van der Waals surface area contributed by atoms with Crippen LogP contribution in [-0.2, 0) is 19.5 Å². The van der Waals surface area contributed by atoms with E-state index in [0.29, 0.717) is 18.3 Å². The van der Waals surface area contributed by atoms with Crippen LogP contribution in [0.15, 0.2) is 47.5 Å². The van der Waals surface area contributed by atoms with Crippen LogP contribution in [0.5, 0.6) is 0 Å². The van der Waals surface area contributed by atoms with E-state index < -0.39 is 0 Å². The van der Waals surface area contributed by atoms with Crippen molar-refractivity contribution < 1.29 is 0 Å². The molecular formula is C28H35N7O.